The van der Waals surface area contributed by atoms with Crippen LogP contribution in [0.1, 0.15) is 30.7 Å². The van der Waals surface area contributed by atoms with Crippen molar-refractivity contribution < 1.29 is 4.39 Å². The number of nitrogens with zero attached hydrogens (tertiary/aromatic N) is 4. The van der Waals surface area contributed by atoms with Gasteiger partial charge in [-0.3, -0.25) is 4.98 Å². The summed E-state index contributed by atoms with van der Waals surface area (Å²) in [4.78, 5) is 15.3. The van der Waals surface area contributed by atoms with Crippen LogP contribution >= 0.6 is 0 Å². The molecule has 0 aliphatic carbocycles. The molecule has 4 rings (SSSR count). The molecule has 1 atom stereocenters. The summed E-state index contributed by atoms with van der Waals surface area (Å²) in [6.07, 6.45) is 8.43. The summed E-state index contributed by atoms with van der Waals surface area (Å²) in [5.74, 6) is 1.29. The lowest BCUT2D eigenvalue weighted by Gasteiger charge is -2.22. The van der Waals surface area contributed by atoms with Gasteiger partial charge in [-0.1, -0.05) is 12.1 Å². The zero-order chi connectivity index (χ0) is 16.4. The van der Waals surface area contributed by atoms with E-state index in [1.165, 1.54) is 5.56 Å². The molecule has 1 aliphatic heterocycles. The quantitative estimate of drug-likeness (QED) is 0.717. The molecule has 0 radical (unpaired) electrons. The van der Waals surface area contributed by atoms with Gasteiger partial charge in [0, 0.05) is 24.7 Å². The number of hydrogen-bond acceptors (Lipinski definition) is 4. The van der Waals surface area contributed by atoms with Crippen molar-refractivity contribution in [1.82, 2.24) is 15.0 Å². The van der Waals surface area contributed by atoms with Gasteiger partial charge in [-0.05, 0) is 48.9 Å². The van der Waals surface area contributed by atoms with E-state index in [4.69, 9.17) is 0 Å². The Bertz CT molecular complexity index is 829. The lowest BCUT2D eigenvalue weighted by molar-refractivity contribution is 0.602. The van der Waals surface area contributed by atoms with Crippen LogP contribution in [-0.2, 0) is 0 Å². The van der Waals surface area contributed by atoms with Crippen molar-refractivity contribution in [3.05, 3.63) is 60.4 Å². The number of hydrogen-bond donors (Lipinski definition) is 0. The van der Waals surface area contributed by atoms with Crippen LogP contribution in [0, 0.1) is 5.82 Å². The second kappa shape index (κ2) is 6.51. The molecule has 1 aliphatic rings. The Morgan fingerprint density at radius 3 is 2.75 bits per heavy atom. The van der Waals surface area contributed by atoms with Crippen molar-refractivity contribution in [2.45, 2.75) is 25.2 Å². The molecule has 0 N–H and O–H groups in total. The lowest BCUT2D eigenvalue weighted by atomic mass is 9.92. The number of anilines is 1. The van der Waals surface area contributed by atoms with E-state index in [1.807, 2.05) is 18.2 Å². The first-order chi connectivity index (χ1) is 11.8. The van der Waals surface area contributed by atoms with E-state index in [1.54, 1.807) is 30.9 Å². The summed E-state index contributed by atoms with van der Waals surface area (Å²) < 4.78 is 13.1. The topological polar surface area (TPSA) is 41.9 Å². The van der Waals surface area contributed by atoms with E-state index < -0.39 is 0 Å². The van der Waals surface area contributed by atoms with Crippen LogP contribution in [0.2, 0.25) is 0 Å². The molecule has 1 aromatic carbocycles. The molecule has 24 heavy (non-hydrogen) atoms. The molecule has 2 aromatic heterocycles. The minimum absolute atomic E-state index is 0.171. The van der Waals surface area contributed by atoms with Gasteiger partial charge in [-0.2, -0.15) is 0 Å². The highest BCUT2D eigenvalue weighted by Crippen LogP contribution is 2.31. The molecule has 1 fully saturated rings. The van der Waals surface area contributed by atoms with Gasteiger partial charge < -0.3 is 4.90 Å². The minimum atomic E-state index is -0.171. The molecule has 0 spiro atoms. The second-order valence-corrected chi connectivity index (χ2v) is 6.26. The van der Waals surface area contributed by atoms with Gasteiger partial charge in [-0.25, -0.2) is 14.4 Å². The Labute approximate surface area is 140 Å². The Hall–Kier alpha value is -2.56. The lowest BCUT2D eigenvalue weighted by Crippen LogP contribution is -2.25. The monoisotopic (exact) mass is 322 g/mol. The van der Waals surface area contributed by atoms with Crippen LogP contribution in [0.4, 0.5) is 10.2 Å². The number of benzene rings is 1. The maximum atomic E-state index is 13.1. The zero-order valence-corrected chi connectivity index (χ0v) is 13.4. The third-order valence-electron chi connectivity index (χ3n) is 4.79. The molecule has 0 saturated carbocycles. The predicted octanol–water partition coefficient (Wildman–Crippen LogP) is 3.94. The fourth-order valence-corrected chi connectivity index (χ4v) is 3.52. The second-order valence-electron chi connectivity index (χ2n) is 6.26. The van der Waals surface area contributed by atoms with E-state index in [0.717, 1.165) is 49.1 Å². The summed E-state index contributed by atoms with van der Waals surface area (Å²) in [5.41, 5.74) is 2.11. The summed E-state index contributed by atoms with van der Waals surface area (Å²) in [7, 11) is 0. The van der Waals surface area contributed by atoms with Gasteiger partial charge in [0.15, 0.2) is 0 Å². The van der Waals surface area contributed by atoms with Crippen molar-refractivity contribution in [3.8, 4) is 0 Å². The van der Waals surface area contributed by atoms with Gasteiger partial charge in [0.05, 0.1) is 11.7 Å². The number of pyridine rings is 1. The van der Waals surface area contributed by atoms with Gasteiger partial charge in [-0.15, -0.1) is 0 Å². The van der Waals surface area contributed by atoms with Crippen LogP contribution in [0.5, 0.6) is 0 Å². The number of rotatable bonds is 2. The largest absolute Gasteiger partial charge is 0.356 e. The van der Waals surface area contributed by atoms with Crippen molar-refractivity contribution >= 4 is 16.7 Å². The van der Waals surface area contributed by atoms with Crippen LogP contribution in [0.15, 0.2) is 49.1 Å². The summed E-state index contributed by atoms with van der Waals surface area (Å²) in [6, 6.07) is 8.93. The molecule has 122 valence electrons. The fraction of sp³-hybridized carbons (Fsp3) is 0.316. The van der Waals surface area contributed by atoms with Crippen LogP contribution in [-0.4, -0.2) is 28.0 Å². The van der Waals surface area contributed by atoms with Crippen LogP contribution < -0.4 is 4.90 Å². The minimum Gasteiger partial charge on any atom is -0.356 e. The maximum absolute atomic E-state index is 13.1. The molecule has 1 saturated heterocycles. The average Bonchev–Trinajstić information content (AvgIpc) is 2.88. The Morgan fingerprint density at radius 1 is 1.00 bits per heavy atom. The average molecular weight is 322 g/mol. The maximum Gasteiger partial charge on any atom is 0.139 e. The van der Waals surface area contributed by atoms with E-state index in [0.29, 0.717) is 5.92 Å². The molecule has 1 unspecified atom stereocenters. The summed E-state index contributed by atoms with van der Waals surface area (Å²) in [6.45, 7) is 1.92. The molecule has 0 amide bonds. The molecule has 0 bridgehead atoms. The van der Waals surface area contributed by atoms with Gasteiger partial charge in [0.1, 0.15) is 18.0 Å². The van der Waals surface area contributed by atoms with Gasteiger partial charge >= 0.3 is 0 Å². The molecule has 3 aromatic rings. The first kappa shape index (κ1) is 15.0. The van der Waals surface area contributed by atoms with E-state index >= 15 is 0 Å². The van der Waals surface area contributed by atoms with E-state index in [9.17, 15) is 4.39 Å². The SMILES string of the molecule is Fc1ccc(C2CCCN(c3ncnc4cnccc34)CC2)cc1. The van der Waals surface area contributed by atoms with Gasteiger partial charge in [0.2, 0.25) is 0 Å². The third-order valence-corrected chi connectivity index (χ3v) is 4.79. The molecule has 5 heteroatoms. The highest BCUT2D eigenvalue weighted by Gasteiger charge is 2.20. The molecular formula is C19H19FN4. The van der Waals surface area contributed by atoms with Crippen molar-refractivity contribution in [1.29, 1.82) is 0 Å². The Kier molecular flexibility index (Phi) is 4.07. The highest BCUT2D eigenvalue weighted by molar-refractivity contribution is 5.88. The van der Waals surface area contributed by atoms with Gasteiger partial charge in [0.25, 0.3) is 0 Å². The van der Waals surface area contributed by atoms with Crippen LogP contribution in [0.3, 0.4) is 0 Å². The smallest absolute Gasteiger partial charge is 0.139 e. The first-order valence-electron chi connectivity index (χ1n) is 8.36. The number of aromatic nitrogens is 3. The Morgan fingerprint density at radius 2 is 1.88 bits per heavy atom. The number of halogens is 1. The Balaban J connectivity index is 1.57. The van der Waals surface area contributed by atoms with Crippen molar-refractivity contribution in [2.75, 3.05) is 18.0 Å². The van der Waals surface area contributed by atoms with Crippen molar-refractivity contribution in [3.63, 3.8) is 0 Å². The fourth-order valence-electron chi connectivity index (χ4n) is 3.52. The zero-order valence-electron chi connectivity index (χ0n) is 13.4. The first-order valence-corrected chi connectivity index (χ1v) is 8.36. The third kappa shape index (κ3) is 2.94. The normalized spacial score (nSPS) is 18.5. The standard InChI is InChI=1S/C19H19FN4/c20-16-5-3-15(4-6-16)14-2-1-10-24(11-8-14)19-17-7-9-21-12-18(17)22-13-23-19/h3-7,9,12-14H,1-2,8,10-11H2. The molecule has 4 nitrogen and oxygen atoms in total. The predicted molar refractivity (Wildman–Crippen MR) is 92.5 cm³/mol. The van der Waals surface area contributed by atoms with E-state index in [-0.39, 0.29) is 5.82 Å². The number of fused-ring (bicyclic) bond motifs is 1. The van der Waals surface area contributed by atoms with Crippen molar-refractivity contribution in [2.24, 2.45) is 0 Å². The summed E-state index contributed by atoms with van der Waals surface area (Å²) in [5, 5.41) is 1.05. The molecule has 3 heterocycles. The molecular weight excluding hydrogens is 303 g/mol. The van der Waals surface area contributed by atoms with Crippen LogP contribution in [0.25, 0.3) is 10.9 Å². The van der Waals surface area contributed by atoms with E-state index in [2.05, 4.69) is 19.9 Å². The summed E-state index contributed by atoms with van der Waals surface area (Å²) >= 11 is 0. The highest BCUT2D eigenvalue weighted by atomic mass is 19.1.